The maximum Gasteiger partial charge on any atom is 0.253 e. The fourth-order valence-corrected chi connectivity index (χ4v) is 5.41. The molecule has 0 aliphatic carbocycles. The summed E-state index contributed by atoms with van der Waals surface area (Å²) < 4.78 is 40.7. The quantitative estimate of drug-likeness (QED) is 0.128. The van der Waals surface area contributed by atoms with Crippen LogP contribution in [0.25, 0.3) is 0 Å². The predicted molar refractivity (Wildman–Crippen MR) is 179 cm³/mol. The van der Waals surface area contributed by atoms with Gasteiger partial charge in [0, 0.05) is 55.1 Å². The van der Waals surface area contributed by atoms with Crippen molar-refractivity contribution in [3.8, 4) is 0 Å². The molecule has 0 saturated heterocycles. The molecule has 3 aromatic carbocycles. The third-order valence-corrected chi connectivity index (χ3v) is 7.80. The number of hydrogen-bond acceptors (Lipinski definition) is 7. The zero-order valence-electron chi connectivity index (χ0n) is 28.5. The molecule has 264 valence electrons. The molecule has 0 fully saturated rings. The predicted octanol–water partition coefficient (Wildman–Crippen LogP) is 3.22. The molecule has 3 aromatic rings. The van der Waals surface area contributed by atoms with E-state index < -0.39 is 66.6 Å². The fraction of sp³-hybridized carbons (Fsp3) is 0.389. The van der Waals surface area contributed by atoms with Crippen molar-refractivity contribution in [1.82, 2.24) is 15.5 Å². The first-order chi connectivity index (χ1) is 23.9. The van der Waals surface area contributed by atoms with E-state index in [1.54, 1.807) is 35.2 Å². The van der Waals surface area contributed by atoms with Crippen molar-refractivity contribution in [1.29, 1.82) is 0 Å². The summed E-state index contributed by atoms with van der Waals surface area (Å²) >= 11 is 0. The molecule has 0 bridgehead atoms. The lowest BCUT2D eigenvalue weighted by Crippen LogP contribution is -2.57. The van der Waals surface area contributed by atoms with Gasteiger partial charge in [0.2, 0.25) is 5.91 Å². The molecule has 3 rings (SSSR count). The summed E-state index contributed by atoms with van der Waals surface area (Å²) in [5, 5.41) is 28.2. The minimum Gasteiger partial charge on any atom is -0.388 e. The highest BCUT2D eigenvalue weighted by Crippen LogP contribution is 2.19. The van der Waals surface area contributed by atoms with Gasteiger partial charge in [-0.3, -0.25) is 19.2 Å². The Morgan fingerprint density at radius 1 is 0.816 bits per heavy atom. The first-order valence-corrected chi connectivity index (χ1v) is 16.0. The van der Waals surface area contributed by atoms with Gasteiger partial charge in [-0.25, -0.2) is 8.78 Å². The number of ether oxygens (including phenoxy) is 1. The van der Waals surface area contributed by atoms with Gasteiger partial charge in [0.05, 0.1) is 13.5 Å². The summed E-state index contributed by atoms with van der Waals surface area (Å²) in [6.45, 7) is 4.58. The molecule has 0 aliphatic rings. The monoisotopic (exact) mass is 683 g/mol. The van der Waals surface area contributed by atoms with Crippen molar-refractivity contribution in [3.05, 3.63) is 106 Å². The van der Waals surface area contributed by atoms with Crippen LogP contribution in [0.3, 0.4) is 0 Å². The number of amides is 4. The number of nitrogens with one attached hydrogen (secondary N) is 2. The number of halogens is 2. The molecule has 49 heavy (non-hydrogen) atoms. The molecule has 4 amide bonds. The highest BCUT2D eigenvalue weighted by molar-refractivity contribution is 6.04. The van der Waals surface area contributed by atoms with Crippen LogP contribution in [0, 0.1) is 11.6 Å². The van der Waals surface area contributed by atoms with Crippen molar-refractivity contribution in [2.45, 2.75) is 63.8 Å². The second-order valence-electron chi connectivity index (χ2n) is 11.6. The Hall–Kier alpha value is -4.72. The molecule has 0 aliphatic heterocycles. The van der Waals surface area contributed by atoms with Crippen LogP contribution in [0.2, 0.25) is 0 Å². The summed E-state index contributed by atoms with van der Waals surface area (Å²) in [6.07, 6.45) is -2.73. The number of nitrogens with two attached hydrogens (primary N) is 1. The lowest BCUT2D eigenvalue weighted by atomic mass is 9.92. The Morgan fingerprint density at radius 3 is 1.96 bits per heavy atom. The summed E-state index contributed by atoms with van der Waals surface area (Å²) in [5.74, 6) is -4.64. The van der Waals surface area contributed by atoms with Gasteiger partial charge in [0.1, 0.15) is 23.8 Å². The first-order valence-electron chi connectivity index (χ1n) is 16.7. The van der Waals surface area contributed by atoms with Crippen LogP contribution in [0.5, 0.6) is 0 Å². The number of aliphatic hydroxyl groups is 2. The molecule has 6 N–H and O–H groups in total. The second kappa shape index (κ2) is 18.7. The summed E-state index contributed by atoms with van der Waals surface area (Å²) in [5.41, 5.74) is 5.54. The van der Waals surface area contributed by atoms with E-state index in [1.165, 1.54) is 18.2 Å². The molecule has 0 heterocycles. The maximum atomic E-state index is 14.2. The normalized spacial score (nSPS) is 13.8. The number of carbonyl (C=O) groups is 4. The zero-order valence-corrected chi connectivity index (χ0v) is 27.5. The van der Waals surface area contributed by atoms with E-state index in [4.69, 9.17) is 11.8 Å². The van der Waals surface area contributed by atoms with E-state index in [2.05, 4.69) is 10.6 Å². The maximum absolute atomic E-state index is 14.2. The van der Waals surface area contributed by atoms with Gasteiger partial charge < -0.3 is 36.2 Å². The van der Waals surface area contributed by atoms with Gasteiger partial charge in [-0.15, -0.1) is 0 Å². The number of primary amides is 1. The van der Waals surface area contributed by atoms with E-state index in [1.807, 2.05) is 13.8 Å². The van der Waals surface area contributed by atoms with Crippen LogP contribution in [0.15, 0.2) is 66.7 Å². The topological polar surface area (TPSA) is 171 Å². The lowest BCUT2D eigenvalue weighted by molar-refractivity contribution is -0.0269. The van der Waals surface area contributed by atoms with Crippen molar-refractivity contribution in [3.63, 3.8) is 0 Å². The van der Waals surface area contributed by atoms with Crippen LogP contribution in [-0.4, -0.2) is 89.8 Å². The SMILES string of the molecule is [2H]COCC[C@@H](NC(=O)c1ccccc1)[C@@H](O)[C@H](O)[C@H](Cc1cc(F)cc(F)c1)NC(=O)c1cc(C(N)=O)cc(C(=O)N(CCC)CCC)c1. The number of hydrogen-bond donors (Lipinski definition) is 5. The molecule has 0 saturated carbocycles. The van der Waals surface area contributed by atoms with Crippen molar-refractivity contribution >= 4 is 23.6 Å². The van der Waals surface area contributed by atoms with Crippen LogP contribution in [-0.2, 0) is 11.2 Å². The Kier molecular flexibility index (Phi) is 14.2. The van der Waals surface area contributed by atoms with Crippen LogP contribution in [0.1, 0.15) is 81.5 Å². The van der Waals surface area contributed by atoms with E-state index in [9.17, 15) is 38.2 Å². The Morgan fingerprint density at radius 2 is 1.37 bits per heavy atom. The van der Waals surface area contributed by atoms with Gasteiger partial charge in [-0.05, 0) is 73.7 Å². The molecular formula is C36H44F2N4O7. The van der Waals surface area contributed by atoms with Gasteiger partial charge >= 0.3 is 0 Å². The van der Waals surface area contributed by atoms with E-state index in [0.717, 1.165) is 12.1 Å². The summed E-state index contributed by atoms with van der Waals surface area (Å²) in [6, 6.07) is 11.8. The van der Waals surface area contributed by atoms with Crippen molar-refractivity contribution < 1.29 is 44.3 Å². The highest BCUT2D eigenvalue weighted by atomic mass is 19.1. The minimum absolute atomic E-state index is 0.0239. The first kappa shape index (κ1) is 37.1. The van der Waals surface area contributed by atoms with Gasteiger partial charge in [0.15, 0.2) is 0 Å². The minimum atomic E-state index is -1.85. The van der Waals surface area contributed by atoms with Crippen LogP contribution >= 0.6 is 0 Å². The average Bonchev–Trinajstić information content (AvgIpc) is 3.09. The standard InChI is InChI=1S/C36H44F2N4O7/c1-4-12-42(13-5-2)36(48)26-19-24(33(39)45)18-25(20-26)35(47)41-30(17-22-15-27(37)21-28(38)16-22)32(44)31(43)29(11-14-49-3)40-34(46)23-9-7-6-8-10-23/h6-10,15-16,18-21,29-32,43-44H,4-5,11-14,17H2,1-3H3,(H2,39,45)(H,40,46)(H,41,47)/t29-,30+,31-,32-/m1/s1/i3D. The Bertz CT molecular complexity index is 1590. The number of benzene rings is 3. The largest absolute Gasteiger partial charge is 0.388 e. The molecule has 0 spiro atoms. The van der Waals surface area contributed by atoms with Crippen molar-refractivity contribution in [2.24, 2.45) is 5.73 Å². The molecule has 4 atom stereocenters. The number of aliphatic hydroxyl groups excluding tert-OH is 2. The third kappa shape index (κ3) is 11.2. The summed E-state index contributed by atoms with van der Waals surface area (Å²) in [7, 11) is -0.397. The number of methoxy groups -OCH3 is 1. The number of nitrogens with zero attached hydrogens (tertiary/aromatic N) is 1. The molecule has 0 aromatic heterocycles. The smallest absolute Gasteiger partial charge is 0.253 e. The van der Waals surface area contributed by atoms with Gasteiger partial charge in [0.25, 0.3) is 17.7 Å². The Labute approximate surface area is 285 Å². The molecular weight excluding hydrogens is 638 g/mol. The molecule has 11 nitrogen and oxygen atoms in total. The van der Waals surface area contributed by atoms with E-state index in [-0.39, 0.29) is 47.3 Å². The fourth-order valence-electron chi connectivity index (χ4n) is 5.41. The van der Waals surface area contributed by atoms with Gasteiger partial charge in [-0.1, -0.05) is 32.0 Å². The van der Waals surface area contributed by atoms with Crippen LogP contribution in [0.4, 0.5) is 8.78 Å². The molecule has 0 radical (unpaired) electrons. The van der Waals surface area contributed by atoms with E-state index in [0.29, 0.717) is 32.0 Å². The molecule has 13 heteroatoms. The summed E-state index contributed by atoms with van der Waals surface area (Å²) in [4.78, 5) is 54.0. The Balaban J connectivity index is 2.00. The second-order valence-corrected chi connectivity index (χ2v) is 11.6. The zero-order chi connectivity index (χ0) is 36.8. The third-order valence-electron chi connectivity index (χ3n) is 7.80. The number of rotatable bonds is 18. The van der Waals surface area contributed by atoms with Crippen LogP contribution < -0.4 is 16.4 Å². The van der Waals surface area contributed by atoms with Crippen molar-refractivity contribution in [2.75, 3.05) is 26.8 Å². The van der Waals surface area contributed by atoms with E-state index >= 15 is 0 Å². The molecule has 0 unspecified atom stereocenters. The highest BCUT2D eigenvalue weighted by Gasteiger charge is 2.35. The average molecular weight is 684 g/mol. The van der Waals surface area contributed by atoms with Gasteiger partial charge in [-0.2, -0.15) is 0 Å². The number of carbonyl (C=O) groups excluding carboxylic acids is 4. The lowest BCUT2D eigenvalue weighted by Gasteiger charge is -2.33.